The van der Waals surface area contributed by atoms with E-state index < -0.39 is 0 Å². The summed E-state index contributed by atoms with van der Waals surface area (Å²) in [7, 11) is 0. The second-order valence-electron chi connectivity index (χ2n) is 4.92. The second kappa shape index (κ2) is 5.33. The molecule has 0 saturated carbocycles. The molecule has 2 fully saturated rings. The van der Waals surface area contributed by atoms with Crippen molar-refractivity contribution in [3.8, 4) is 0 Å². The number of likely N-dealkylation sites (tertiary alicyclic amines) is 1. The van der Waals surface area contributed by atoms with Gasteiger partial charge in [0.1, 0.15) is 0 Å². The highest BCUT2D eigenvalue weighted by molar-refractivity contribution is 5.71. The maximum atomic E-state index is 11.5. The van der Waals surface area contributed by atoms with Gasteiger partial charge < -0.3 is 14.2 Å². The summed E-state index contributed by atoms with van der Waals surface area (Å²) in [5.74, 6) is -0.512. The maximum Gasteiger partial charge on any atom is 0.320 e. The highest BCUT2D eigenvalue weighted by Gasteiger charge is 2.40. The lowest BCUT2D eigenvalue weighted by Gasteiger charge is -2.37. The van der Waals surface area contributed by atoms with E-state index in [2.05, 4.69) is 4.90 Å². The summed E-state index contributed by atoms with van der Waals surface area (Å²) in [6.07, 6.45) is 1.63. The zero-order valence-electron chi connectivity index (χ0n) is 10.6. The lowest BCUT2D eigenvalue weighted by molar-refractivity contribution is -0.187. The molecule has 17 heavy (non-hydrogen) atoms. The Kier molecular flexibility index (Phi) is 4.01. The van der Waals surface area contributed by atoms with Gasteiger partial charge in [0.05, 0.1) is 25.9 Å². The van der Waals surface area contributed by atoms with Gasteiger partial charge in [0.25, 0.3) is 0 Å². The largest absolute Gasteiger partial charge is 0.462 e. The smallest absolute Gasteiger partial charge is 0.320 e. The van der Waals surface area contributed by atoms with Crippen LogP contribution in [0.25, 0.3) is 0 Å². The first-order chi connectivity index (χ1) is 8.10. The first-order valence-electron chi connectivity index (χ1n) is 6.29. The summed E-state index contributed by atoms with van der Waals surface area (Å²) >= 11 is 0. The van der Waals surface area contributed by atoms with E-state index in [9.17, 15) is 4.79 Å². The highest BCUT2D eigenvalue weighted by atomic mass is 16.7. The SMILES string of the molecule is CC(C)OC(=O)CN1CCC2(CC1)OCCO2. The molecule has 0 atom stereocenters. The predicted octanol–water partition coefficient (Wildman–Crippen LogP) is 0.777. The lowest BCUT2D eigenvalue weighted by Crippen LogP contribution is -2.46. The van der Waals surface area contributed by atoms with Crippen molar-refractivity contribution in [2.75, 3.05) is 32.8 Å². The van der Waals surface area contributed by atoms with Crippen molar-refractivity contribution in [3.63, 3.8) is 0 Å². The Labute approximate surface area is 102 Å². The van der Waals surface area contributed by atoms with Crippen LogP contribution in [0.3, 0.4) is 0 Å². The number of hydrogen-bond acceptors (Lipinski definition) is 5. The van der Waals surface area contributed by atoms with E-state index in [4.69, 9.17) is 14.2 Å². The molecule has 2 saturated heterocycles. The van der Waals surface area contributed by atoms with Gasteiger partial charge in [0, 0.05) is 25.9 Å². The Morgan fingerprint density at radius 2 is 1.88 bits per heavy atom. The third-order valence-electron chi connectivity index (χ3n) is 3.15. The zero-order valence-corrected chi connectivity index (χ0v) is 10.6. The number of rotatable bonds is 3. The first kappa shape index (κ1) is 12.8. The lowest BCUT2D eigenvalue weighted by atomic mass is 10.0. The van der Waals surface area contributed by atoms with E-state index in [0.29, 0.717) is 19.8 Å². The summed E-state index contributed by atoms with van der Waals surface area (Å²) in [5, 5.41) is 0. The molecule has 0 aromatic carbocycles. The highest BCUT2D eigenvalue weighted by Crippen LogP contribution is 2.30. The Morgan fingerprint density at radius 3 is 2.41 bits per heavy atom. The number of carbonyl (C=O) groups excluding carboxylic acids is 1. The van der Waals surface area contributed by atoms with Gasteiger partial charge in [0.15, 0.2) is 5.79 Å². The van der Waals surface area contributed by atoms with Crippen LogP contribution >= 0.6 is 0 Å². The molecule has 5 heteroatoms. The van der Waals surface area contributed by atoms with Crippen LogP contribution in [0.5, 0.6) is 0 Å². The van der Waals surface area contributed by atoms with Crippen LogP contribution in [-0.2, 0) is 19.0 Å². The van der Waals surface area contributed by atoms with Crippen molar-refractivity contribution < 1.29 is 19.0 Å². The van der Waals surface area contributed by atoms with Crippen LogP contribution in [0.2, 0.25) is 0 Å². The average Bonchev–Trinajstić information content (AvgIpc) is 2.69. The molecule has 0 radical (unpaired) electrons. The van der Waals surface area contributed by atoms with Crippen molar-refractivity contribution in [3.05, 3.63) is 0 Å². The van der Waals surface area contributed by atoms with E-state index in [1.165, 1.54) is 0 Å². The monoisotopic (exact) mass is 243 g/mol. The molecule has 0 bridgehead atoms. The second-order valence-corrected chi connectivity index (χ2v) is 4.92. The molecule has 5 nitrogen and oxygen atoms in total. The third-order valence-corrected chi connectivity index (χ3v) is 3.15. The Bertz CT molecular complexity index is 264. The normalized spacial score (nSPS) is 24.4. The Balaban J connectivity index is 1.73. The fraction of sp³-hybridized carbons (Fsp3) is 0.917. The molecule has 0 aromatic heterocycles. The summed E-state index contributed by atoms with van der Waals surface area (Å²) < 4.78 is 16.4. The molecule has 98 valence electrons. The van der Waals surface area contributed by atoms with Gasteiger partial charge in [-0.2, -0.15) is 0 Å². The van der Waals surface area contributed by atoms with Crippen LogP contribution in [0.1, 0.15) is 26.7 Å². The van der Waals surface area contributed by atoms with Gasteiger partial charge in [0.2, 0.25) is 0 Å². The molecule has 2 rings (SSSR count). The molecule has 2 heterocycles. The summed E-state index contributed by atoms with van der Waals surface area (Å²) in [6.45, 7) is 7.13. The number of ether oxygens (including phenoxy) is 3. The van der Waals surface area contributed by atoms with Gasteiger partial charge >= 0.3 is 5.97 Å². The predicted molar refractivity (Wildman–Crippen MR) is 61.5 cm³/mol. The summed E-state index contributed by atoms with van der Waals surface area (Å²) in [5.41, 5.74) is 0. The van der Waals surface area contributed by atoms with Crippen LogP contribution in [0.4, 0.5) is 0 Å². The van der Waals surface area contributed by atoms with Crippen LogP contribution < -0.4 is 0 Å². The summed E-state index contributed by atoms with van der Waals surface area (Å²) in [4.78, 5) is 13.6. The Morgan fingerprint density at radius 1 is 1.29 bits per heavy atom. The minimum Gasteiger partial charge on any atom is -0.462 e. The molecule has 0 unspecified atom stereocenters. The van der Waals surface area contributed by atoms with E-state index in [1.54, 1.807) is 0 Å². The maximum absolute atomic E-state index is 11.5. The van der Waals surface area contributed by atoms with E-state index in [1.807, 2.05) is 13.8 Å². The average molecular weight is 243 g/mol. The molecule has 0 N–H and O–H groups in total. The molecule has 1 spiro atoms. The van der Waals surface area contributed by atoms with E-state index in [-0.39, 0.29) is 17.9 Å². The van der Waals surface area contributed by atoms with Gasteiger partial charge in [-0.1, -0.05) is 0 Å². The molecular weight excluding hydrogens is 222 g/mol. The molecule has 2 aliphatic heterocycles. The number of piperidine rings is 1. The fourth-order valence-electron chi connectivity index (χ4n) is 2.32. The van der Waals surface area contributed by atoms with Crippen LogP contribution in [0, 0.1) is 0 Å². The molecule has 0 aromatic rings. The quantitative estimate of drug-likeness (QED) is 0.685. The molecular formula is C12H21NO4. The van der Waals surface area contributed by atoms with Gasteiger partial charge in [-0.25, -0.2) is 0 Å². The van der Waals surface area contributed by atoms with Crippen LogP contribution in [0.15, 0.2) is 0 Å². The van der Waals surface area contributed by atoms with Crippen molar-refractivity contribution in [2.45, 2.75) is 38.6 Å². The zero-order chi connectivity index (χ0) is 12.3. The van der Waals surface area contributed by atoms with Gasteiger partial charge in [-0.15, -0.1) is 0 Å². The topological polar surface area (TPSA) is 48.0 Å². The minimum atomic E-state index is -0.363. The van der Waals surface area contributed by atoms with Gasteiger partial charge in [-0.3, -0.25) is 9.69 Å². The molecule has 0 amide bonds. The molecule has 0 aliphatic carbocycles. The van der Waals surface area contributed by atoms with E-state index >= 15 is 0 Å². The van der Waals surface area contributed by atoms with Gasteiger partial charge in [-0.05, 0) is 13.8 Å². The van der Waals surface area contributed by atoms with Crippen molar-refractivity contribution in [1.82, 2.24) is 4.90 Å². The first-order valence-corrected chi connectivity index (χ1v) is 6.29. The van der Waals surface area contributed by atoms with Crippen molar-refractivity contribution in [2.24, 2.45) is 0 Å². The number of esters is 1. The number of hydrogen-bond donors (Lipinski definition) is 0. The number of nitrogens with zero attached hydrogens (tertiary/aromatic N) is 1. The molecule has 2 aliphatic rings. The Hall–Kier alpha value is -0.650. The summed E-state index contributed by atoms with van der Waals surface area (Å²) in [6, 6.07) is 0. The fourth-order valence-corrected chi connectivity index (χ4v) is 2.32. The van der Waals surface area contributed by atoms with Crippen LogP contribution in [-0.4, -0.2) is 55.6 Å². The van der Waals surface area contributed by atoms with E-state index in [0.717, 1.165) is 25.9 Å². The van der Waals surface area contributed by atoms with Crippen molar-refractivity contribution >= 4 is 5.97 Å². The van der Waals surface area contributed by atoms with Crippen molar-refractivity contribution in [1.29, 1.82) is 0 Å². The minimum absolute atomic E-state index is 0.0415. The third kappa shape index (κ3) is 3.40. The number of carbonyl (C=O) groups is 1. The standard InChI is InChI=1S/C12H21NO4/c1-10(2)17-11(14)9-13-5-3-12(4-6-13)15-7-8-16-12/h10H,3-9H2,1-2H3.